The highest BCUT2D eigenvalue weighted by atomic mass is 79.9. The summed E-state index contributed by atoms with van der Waals surface area (Å²) in [6.07, 6.45) is 1.40. The molecule has 1 fully saturated rings. The van der Waals surface area contributed by atoms with Crippen LogP contribution >= 0.6 is 15.9 Å². The number of nitro benzene ring substituents is 1. The fourth-order valence-corrected chi connectivity index (χ4v) is 3.45. The predicted molar refractivity (Wildman–Crippen MR) is 127 cm³/mol. The van der Waals surface area contributed by atoms with Gasteiger partial charge >= 0.3 is 6.03 Å². The normalized spacial score (nSPS) is 14.8. The van der Waals surface area contributed by atoms with Crippen molar-refractivity contribution in [3.05, 3.63) is 104 Å². The first-order valence-electron chi connectivity index (χ1n) is 9.95. The Bertz CT molecular complexity index is 1300. The number of nitro groups is 1. The highest BCUT2D eigenvalue weighted by molar-refractivity contribution is 9.10. The smallest absolute Gasteiger partial charge is 0.335 e. The zero-order chi connectivity index (χ0) is 24.2. The van der Waals surface area contributed by atoms with E-state index >= 15 is 0 Å². The molecule has 0 aliphatic carbocycles. The van der Waals surface area contributed by atoms with Crippen LogP contribution < -0.4 is 15.0 Å². The van der Waals surface area contributed by atoms with E-state index in [1.165, 1.54) is 18.2 Å². The molecule has 1 aliphatic rings. The van der Waals surface area contributed by atoms with E-state index in [9.17, 15) is 24.5 Å². The van der Waals surface area contributed by atoms with Gasteiger partial charge in [-0.25, -0.2) is 9.69 Å². The largest absolute Gasteiger partial charge is 0.489 e. The Hall–Kier alpha value is -4.31. The Morgan fingerprint density at radius 3 is 2.21 bits per heavy atom. The summed E-state index contributed by atoms with van der Waals surface area (Å²) in [6.45, 7) is 0.212. The first kappa shape index (κ1) is 22.9. The van der Waals surface area contributed by atoms with Crippen LogP contribution in [0.5, 0.6) is 5.75 Å². The average molecular weight is 522 g/mol. The van der Waals surface area contributed by atoms with E-state index in [0.29, 0.717) is 17.0 Å². The van der Waals surface area contributed by atoms with Gasteiger partial charge in [0.15, 0.2) is 0 Å². The van der Waals surface area contributed by atoms with Crippen molar-refractivity contribution in [2.75, 3.05) is 4.90 Å². The minimum absolute atomic E-state index is 0.00263. The van der Waals surface area contributed by atoms with Crippen LogP contribution in [0, 0.1) is 10.1 Å². The molecule has 0 spiro atoms. The van der Waals surface area contributed by atoms with Gasteiger partial charge in [-0.1, -0.05) is 28.1 Å². The van der Waals surface area contributed by atoms with Gasteiger partial charge in [-0.15, -0.1) is 0 Å². The molecule has 4 rings (SSSR count). The van der Waals surface area contributed by atoms with Crippen LogP contribution in [0.1, 0.15) is 11.1 Å². The number of imide groups is 2. The van der Waals surface area contributed by atoms with Crippen molar-refractivity contribution < 1.29 is 24.0 Å². The molecular weight excluding hydrogens is 506 g/mol. The number of rotatable bonds is 6. The molecule has 3 aromatic carbocycles. The highest BCUT2D eigenvalue weighted by Crippen LogP contribution is 2.24. The van der Waals surface area contributed by atoms with Gasteiger partial charge in [0.25, 0.3) is 17.5 Å². The van der Waals surface area contributed by atoms with Crippen LogP contribution in [-0.4, -0.2) is 22.8 Å². The Morgan fingerprint density at radius 2 is 1.59 bits per heavy atom. The topological polar surface area (TPSA) is 119 Å². The Kier molecular flexibility index (Phi) is 6.51. The number of nitrogens with zero attached hydrogens (tertiary/aromatic N) is 2. The van der Waals surface area contributed by atoms with E-state index in [2.05, 4.69) is 21.2 Å². The van der Waals surface area contributed by atoms with E-state index in [4.69, 9.17) is 4.74 Å². The summed E-state index contributed by atoms with van der Waals surface area (Å²) < 4.78 is 6.47. The van der Waals surface area contributed by atoms with Crippen LogP contribution in [0.25, 0.3) is 6.08 Å². The molecule has 0 saturated carbocycles. The summed E-state index contributed by atoms with van der Waals surface area (Å²) in [5.74, 6) is -0.969. The molecule has 3 aromatic rings. The average Bonchev–Trinajstić information content (AvgIpc) is 2.82. The maximum absolute atomic E-state index is 12.9. The summed E-state index contributed by atoms with van der Waals surface area (Å²) in [4.78, 5) is 48.7. The van der Waals surface area contributed by atoms with Gasteiger partial charge in [-0.3, -0.25) is 25.0 Å². The molecule has 0 aromatic heterocycles. The third-order valence-corrected chi connectivity index (χ3v) is 5.46. The second-order valence-corrected chi connectivity index (χ2v) is 8.13. The maximum atomic E-state index is 12.9. The maximum Gasteiger partial charge on any atom is 0.335 e. The molecule has 170 valence electrons. The van der Waals surface area contributed by atoms with Gasteiger partial charge < -0.3 is 4.74 Å². The molecule has 34 heavy (non-hydrogen) atoms. The lowest BCUT2D eigenvalue weighted by Crippen LogP contribution is -2.54. The molecule has 1 aliphatic heterocycles. The van der Waals surface area contributed by atoms with Crippen molar-refractivity contribution in [1.82, 2.24) is 5.32 Å². The first-order chi connectivity index (χ1) is 16.3. The molecule has 0 atom stereocenters. The summed E-state index contributed by atoms with van der Waals surface area (Å²) in [6, 6.07) is 18.4. The number of amides is 4. The van der Waals surface area contributed by atoms with E-state index in [-0.39, 0.29) is 17.9 Å². The van der Waals surface area contributed by atoms with Gasteiger partial charge in [-0.2, -0.15) is 0 Å². The van der Waals surface area contributed by atoms with Gasteiger partial charge in [0.05, 0.1) is 10.6 Å². The predicted octanol–water partition coefficient (Wildman–Crippen LogP) is 4.60. The number of barbiturate groups is 1. The molecule has 9 nitrogen and oxygen atoms in total. The van der Waals surface area contributed by atoms with Gasteiger partial charge in [0, 0.05) is 16.6 Å². The van der Waals surface area contributed by atoms with Crippen LogP contribution in [0.15, 0.2) is 82.8 Å². The first-order valence-corrected chi connectivity index (χ1v) is 10.7. The van der Waals surface area contributed by atoms with Crippen molar-refractivity contribution in [3.63, 3.8) is 0 Å². The fraction of sp³-hybridized carbons (Fsp3) is 0.0417. The number of nitrogens with one attached hydrogen (secondary N) is 1. The summed E-state index contributed by atoms with van der Waals surface area (Å²) in [5, 5.41) is 12.9. The van der Waals surface area contributed by atoms with Gasteiger partial charge in [0.1, 0.15) is 17.9 Å². The van der Waals surface area contributed by atoms with E-state index in [1.807, 2.05) is 0 Å². The second kappa shape index (κ2) is 9.67. The van der Waals surface area contributed by atoms with E-state index in [1.54, 1.807) is 60.7 Å². The Labute approximate surface area is 201 Å². The van der Waals surface area contributed by atoms with Crippen molar-refractivity contribution in [2.24, 2.45) is 0 Å². The number of urea groups is 1. The fourth-order valence-electron chi connectivity index (χ4n) is 3.19. The highest BCUT2D eigenvalue weighted by Gasteiger charge is 2.36. The van der Waals surface area contributed by atoms with Crippen LogP contribution in [0.4, 0.5) is 16.2 Å². The molecule has 1 heterocycles. The second-order valence-electron chi connectivity index (χ2n) is 7.22. The van der Waals surface area contributed by atoms with Crippen LogP contribution in [-0.2, 0) is 16.2 Å². The van der Waals surface area contributed by atoms with Crippen molar-refractivity contribution in [1.29, 1.82) is 0 Å². The Morgan fingerprint density at radius 1 is 0.941 bits per heavy atom. The molecule has 10 heteroatoms. The standard InChI is InChI=1S/C24H16BrN3O6/c25-17-5-9-18(10-6-17)27-23(30)21(22(29)26-24(27)31)13-15-3-11-20(12-4-15)34-14-16-1-7-19(8-2-16)28(32)33/h1-13H,14H2,(H,26,29,31)/b21-13-. The third-order valence-electron chi connectivity index (χ3n) is 4.93. The monoisotopic (exact) mass is 521 g/mol. The molecule has 0 unspecified atom stereocenters. The van der Waals surface area contributed by atoms with Crippen molar-refractivity contribution >= 4 is 51.2 Å². The Balaban J connectivity index is 1.47. The van der Waals surface area contributed by atoms with E-state index < -0.39 is 22.8 Å². The van der Waals surface area contributed by atoms with Crippen LogP contribution in [0.2, 0.25) is 0 Å². The quantitative estimate of drug-likeness (QED) is 0.219. The van der Waals surface area contributed by atoms with Gasteiger partial charge in [0.2, 0.25) is 0 Å². The number of benzene rings is 3. The van der Waals surface area contributed by atoms with Crippen molar-refractivity contribution in [3.8, 4) is 5.75 Å². The number of carbonyl (C=O) groups is 3. The SMILES string of the molecule is O=C1NC(=O)N(c2ccc(Br)cc2)C(=O)/C1=C\c1ccc(OCc2ccc([N+](=O)[O-])cc2)cc1. The summed E-state index contributed by atoms with van der Waals surface area (Å²) in [7, 11) is 0. The number of carbonyl (C=O) groups excluding carboxylic acids is 3. The van der Waals surface area contributed by atoms with Crippen LogP contribution in [0.3, 0.4) is 0 Å². The molecule has 4 amide bonds. The molecular formula is C24H16BrN3O6. The molecule has 0 radical (unpaired) electrons. The lowest BCUT2D eigenvalue weighted by molar-refractivity contribution is -0.384. The lowest BCUT2D eigenvalue weighted by Gasteiger charge is -2.26. The lowest BCUT2D eigenvalue weighted by atomic mass is 10.1. The number of ether oxygens (including phenoxy) is 1. The number of halogens is 1. The van der Waals surface area contributed by atoms with Gasteiger partial charge in [-0.05, 0) is 65.7 Å². The third kappa shape index (κ3) is 5.02. The molecule has 1 saturated heterocycles. The van der Waals surface area contributed by atoms with E-state index in [0.717, 1.165) is 14.9 Å². The minimum atomic E-state index is -0.815. The number of hydrogen-bond donors (Lipinski definition) is 1. The zero-order valence-corrected chi connectivity index (χ0v) is 19.0. The molecule has 0 bridgehead atoms. The minimum Gasteiger partial charge on any atom is -0.489 e. The number of anilines is 1. The zero-order valence-electron chi connectivity index (χ0n) is 17.4. The molecule has 1 N–H and O–H groups in total. The summed E-state index contributed by atoms with van der Waals surface area (Å²) >= 11 is 3.30. The number of non-ortho nitro benzene ring substituents is 1. The van der Waals surface area contributed by atoms with Crippen molar-refractivity contribution in [2.45, 2.75) is 6.61 Å². The number of hydrogen-bond acceptors (Lipinski definition) is 6. The summed E-state index contributed by atoms with van der Waals surface area (Å²) in [5.41, 5.74) is 1.48.